The van der Waals surface area contributed by atoms with Gasteiger partial charge in [-0.15, -0.1) is 0 Å². The molecule has 1 aliphatic rings. The van der Waals surface area contributed by atoms with Crippen molar-refractivity contribution in [3.63, 3.8) is 0 Å². The van der Waals surface area contributed by atoms with Crippen LogP contribution in [0.25, 0.3) is 17.2 Å². The van der Waals surface area contributed by atoms with Crippen molar-refractivity contribution >= 4 is 12.2 Å². The largest absolute Gasteiger partial charge is 0.449 e. The van der Waals surface area contributed by atoms with E-state index < -0.39 is 0 Å². The summed E-state index contributed by atoms with van der Waals surface area (Å²) in [6.45, 7) is 0.865. The fourth-order valence-corrected chi connectivity index (χ4v) is 3.63. The number of aryl methyl sites for hydroxylation is 1. The lowest BCUT2D eigenvalue weighted by molar-refractivity contribution is 0.143. The van der Waals surface area contributed by atoms with E-state index in [1.807, 2.05) is 55.7 Å². The molecular formula is C23H23N3O2. The second-order valence-electron chi connectivity index (χ2n) is 6.86. The molecule has 1 N–H and O–H groups in total. The van der Waals surface area contributed by atoms with Crippen LogP contribution >= 0.6 is 0 Å². The van der Waals surface area contributed by atoms with E-state index in [0.717, 1.165) is 12.1 Å². The summed E-state index contributed by atoms with van der Waals surface area (Å²) < 4.78 is 7.28. The molecule has 0 spiro atoms. The Hall–Kier alpha value is -3.34. The van der Waals surface area contributed by atoms with Crippen LogP contribution in [0, 0.1) is 0 Å². The highest BCUT2D eigenvalue weighted by atomic mass is 16.5. The van der Waals surface area contributed by atoms with Crippen molar-refractivity contribution in [2.45, 2.75) is 12.3 Å². The van der Waals surface area contributed by atoms with Crippen LogP contribution in [0.1, 0.15) is 29.2 Å². The van der Waals surface area contributed by atoms with E-state index in [9.17, 15) is 4.79 Å². The number of hydrogen-bond acceptors (Lipinski definition) is 3. The van der Waals surface area contributed by atoms with Crippen molar-refractivity contribution in [3.8, 4) is 11.1 Å². The van der Waals surface area contributed by atoms with Crippen molar-refractivity contribution < 1.29 is 9.53 Å². The number of alkyl carbamates (subject to hydrolysis) is 1. The number of nitrogens with zero attached hydrogens (tertiary/aromatic N) is 2. The second kappa shape index (κ2) is 8.13. The van der Waals surface area contributed by atoms with Crippen LogP contribution < -0.4 is 5.32 Å². The lowest BCUT2D eigenvalue weighted by Gasteiger charge is -2.14. The minimum absolute atomic E-state index is 0.0854. The third-order valence-corrected chi connectivity index (χ3v) is 4.95. The molecule has 1 heterocycles. The van der Waals surface area contributed by atoms with Crippen LogP contribution in [0.3, 0.4) is 0 Å². The highest BCUT2D eigenvalue weighted by molar-refractivity contribution is 5.79. The zero-order valence-corrected chi connectivity index (χ0v) is 15.8. The van der Waals surface area contributed by atoms with Crippen molar-refractivity contribution in [2.75, 3.05) is 13.2 Å². The molecule has 1 aliphatic carbocycles. The molecule has 142 valence electrons. The maximum absolute atomic E-state index is 12.1. The van der Waals surface area contributed by atoms with Crippen LogP contribution in [0.15, 0.2) is 66.9 Å². The van der Waals surface area contributed by atoms with Gasteiger partial charge in [-0.2, -0.15) is 5.10 Å². The number of amides is 1. The van der Waals surface area contributed by atoms with Crippen LogP contribution in [-0.4, -0.2) is 29.0 Å². The Morgan fingerprint density at radius 2 is 1.79 bits per heavy atom. The van der Waals surface area contributed by atoms with Crippen LogP contribution in [0.2, 0.25) is 0 Å². The van der Waals surface area contributed by atoms with Gasteiger partial charge in [0.2, 0.25) is 0 Å². The number of benzene rings is 2. The molecule has 1 aromatic heterocycles. The van der Waals surface area contributed by atoms with E-state index in [-0.39, 0.29) is 12.0 Å². The molecule has 5 nitrogen and oxygen atoms in total. The minimum Gasteiger partial charge on any atom is -0.449 e. The molecule has 0 bridgehead atoms. The van der Waals surface area contributed by atoms with Crippen LogP contribution in [0.5, 0.6) is 0 Å². The molecule has 0 saturated carbocycles. The zero-order valence-electron chi connectivity index (χ0n) is 15.8. The maximum atomic E-state index is 12.1. The van der Waals surface area contributed by atoms with E-state index in [2.05, 4.69) is 34.7 Å². The maximum Gasteiger partial charge on any atom is 0.407 e. The molecule has 0 radical (unpaired) electrons. The molecule has 2 aromatic carbocycles. The monoisotopic (exact) mass is 373 g/mol. The highest BCUT2D eigenvalue weighted by Crippen LogP contribution is 2.44. The Bertz CT molecular complexity index is 961. The summed E-state index contributed by atoms with van der Waals surface area (Å²) in [7, 11) is 1.88. The van der Waals surface area contributed by atoms with E-state index in [4.69, 9.17) is 4.74 Å². The van der Waals surface area contributed by atoms with Gasteiger partial charge >= 0.3 is 6.09 Å². The Balaban J connectivity index is 1.29. The third kappa shape index (κ3) is 3.83. The summed E-state index contributed by atoms with van der Waals surface area (Å²) in [6, 6.07) is 18.6. The number of nitrogens with one attached hydrogen (secondary N) is 1. The topological polar surface area (TPSA) is 56.2 Å². The lowest BCUT2D eigenvalue weighted by Crippen LogP contribution is -2.26. The highest BCUT2D eigenvalue weighted by Gasteiger charge is 2.28. The molecule has 3 aromatic rings. The zero-order chi connectivity index (χ0) is 19.3. The number of ether oxygens (including phenoxy) is 1. The molecule has 0 unspecified atom stereocenters. The second-order valence-corrected chi connectivity index (χ2v) is 6.86. The first kappa shape index (κ1) is 18.0. The SMILES string of the molecule is Cn1ccc(C=CCCNC(=O)OCC2c3ccccc3-c3ccccc32)n1. The molecule has 0 atom stereocenters. The first-order chi connectivity index (χ1) is 13.7. The average Bonchev–Trinajstić information content (AvgIpc) is 3.27. The van der Waals surface area contributed by atoms with Gasteiger partial charge in [0.25, 0.3) is 0 Å². The number of carbonyl (C=O) groups is 1. The number of rotatable bonds is 6. The predicted molar refractivity (Wildman–Crippen MR) is 110 cm³/mol. The summed E-state index contributed by atoms with van der Waals surface area (Å²) in [5.41, 5.74) is 5.80. The van der Waals surface area contributed by atoms with Gasteiger partial charge in [-0.25, -0.2) is 4.79 Å². The van der Waals surface area contributed by atoms with Gasteiger partial charge in [0.15, 0.2) is 0 Å². The van der Waals surface area contributed by atoms with Gasteiger partial charge in [-0.3, -0.25) is 4.68 Å². The summed E-state index contributed by atoms with van der Waals surface area (Å²) in [5, 5.41) is 7.08. The molecular weight excluding hydrogens is 350 g/mol. The first-order valence-electron chi connectivity index (χ1n) is 9.47. The smallest absolute Gasteiger partial charge is 0.407 e. The van der Waals surface area contributed by atoms with Gasteiger partial charge in [0.05, 0.1) is 5.69 Å². The van der Waals surface area contributed by atoms with Gasteiger partial charge in [0.1, 0.15) is 6.61 Å². The van der Waals surface area contributed by atoms with E-state index >= 15 is 0 Å². The van der Waals surface area contributed by atoms with Crippen molar-refractivity contribution in [3.05, 3.63) is 83.7 Å². The Morgan fingerprint density at radius 3 is 2.43 bits per heavy atom. The number of fused-ring (bicyclic) bond motifs is 3. The summed E-state index contributed by atoms with van der Waals surface area (Å²) in [5.74, 6) is 0.0854. The van der Waals surface area contributed by atoms with Crippen molar-refractivity contribution in [1.82, 2.24) is 15.1 Å². The molecule has 0 fully saturated rings. The Labute approximate surface area is 164 Å². The molecule has 1 amide bonds. The molecule has 0 saturated heterocycles. The van der Waals surface area contributed by atoms with Gasteiger partial charge in [-0.05, 0) is 40.8 Å². The van der Waals surface area contributed by atoms with Gasteiger partial charge in [-0.1, -0.05) is 54.6 Å². The quantitative estimate of drug-likeness (QED) is 0.653. The van der Waals surface area contributed by atoms with E-state index in [1.54, 1.807) is 4.68 Å². The molecule has 0 aliphatic heterocycles. The summed E-state index contributed by atoms with van der Waals surface area (Å²) in [6.07, 6.45) is 6.18. The predicted octanol–water partition coefficient (Wildman–Crippen LogP) is 4.36. The normalized spacial score (nSPS) is 12.8. The van der Waals surface area contributed by atoms with Crippen molar-refractivity contribution in [1.29, 1.82) is 0 Å². The molecule has 28 heavy (non-hydrogen) atoms. The third-order valence-electron chi connectivity index (χ3n) is 4.95. The van der Waals surface area contributed by atoms with E-state index in [0.29, 0.717) is 13.2 Å². The average molecular weight is 373 g/mol. The summed E-state index contributed by atoms with van der Waals surface area (Å²) >= 11 is 0. The lowest BCUT2D eigenvalue weighted by atomic mass is 9.98. The number of aromatic nitrogens is 2. The van der Waals surface area contributed by atoms with E-state index in [1.165, 1.54) is 22.3 Å². The molecule has 4 rings (SSSR count). The fourth-order valence-electron chi connectivity index (χ4n) is 3.63. The van der Waals surface area contributed by atoms with Crippen molar-refractivity contribution in [2.24, 2.45) is 7.05 Å². The van der Waals surface area contributed by atoms with Gasteiger partial charge < -0.3 is 10.1 Å². The fraction of sp³-hybridized carbons (Fsp3) is 0.217. The Kier molecular flexibility index (Phi) is 5.24. The van der Waals surface area contributed by atoms with Gasteiger partial charge in [0, 0.05) is 25.7 Å². The number of hydrogen-bond donors (Lipinski definition) is 1. The minimum atomic E-state index is -0.381. The number of carbonyl (C=O) groups excluding carboxylic acids is 1. The Morgan fingerprint density at radius 1 is 1.11 bits per heavy atom. The van der Waals surface area contributed by atoms with Crippen LogP contribution in [-0.2, 0) is 11.8 Å². The van der Waals surface area contributed by atoms with Crippen LogP contribution in [0.4, 0.5) is 4.79 Å². The first-order valence-corrected chi connectivity index (χ1v) is 9.47. The molecule has 5 heteroatoms. The summed E-state index contributed by atoms with van der Waals surface area (Å²) in [4.78, 5) is 12.1. The standard InChI is InChI=1S/C23H23N3O2/c1-26-15-13-17(25-26)8-6-7-14-24-23(27)28-16-22-20-11-4-2-9-18(20)19-10-3-5-12-21(19)22/h2-6,8-13,15,22H,7,14,16H2,1H3,(H,24,27).